The monoisotopic (exact) mass is 283 g/mol. The zero-order valence-electron chi connectivity index (χ0n) is 14.0. The second kappa shape index (κ2) is 5.91. The first-order valence-corrected chi connectivity index (χ1v) is 8.09. The minimum absolute atomic E-state index is 0.0673. The normalized spacial score (nSPS) is 38.0. The Bertz CT molecular complexity index is 334. The second-order valence-corrected chi connectivity index (χ2v) is 7.50. The molecule has 20 heavy (non-hydrogen) atoms. The van der Waals surface area contributed by atoms with Crippen molar-refractivity contribution in [2.24, 2.45) is 11.1 Å². The molecule has 0 aromatic carbocycles. The Morgan fingerprint density at radius 2 is 2.10 bits per heavy atom. The number of nitrogens with zero attached hydrogens (tertiary/aromatic N) is 2. The van der Waals surface area contributed by atoms with Gasteiger partial charge in [-0.05, 0) is 46.8 Å². The van der Waals surface area contributed by atoms with E-state index >= 15 is 0 Å². The third kappa shape index (κ3) is 2.89. The minimum Gasteiger partial charge on any atom is -0.378 e. The smallest absolute Gasteiger partial charge is 0.0662 e. The molecule has 2 aliphatic rings. The first kappa shape index (κ1) is 16.2. The van der Waals surface area contributed by atoms with Gasteiger partial charge in [0.1, 0.15) is 0 Å². The number of likely N-dealkylation sites (N-methyl/N-ethyl adjacent to an activating group) is 2. The van der Waals surface area contributed by atoms with Crippen LogP contribution in [0.1, 0.15) is 40.0 Å². The van der Waals surface area contributed by atoms with E-state index in [0.717, 1.165) is 19.6 Å². The van der Waals surface area contributed by atoms with E-state index in [1.165, 1.54) is 25.9 Å². The molecule has 4 nitrogen and oxygen atoms in total. The lowest BCUT2D eigenvalue weighted by atomic mass is 9.54. The molecule has 2 N–H and O–H groups in total. The van der Waals surface area contributed by atoms with Gasteiger partial charge in [0.25, 0.3) is 0 Å². The predicted octanol–water partition coefficient (Wildman–Crippen LogP) is 1.54. The van der Waals surface area contributed by atoms with Crippen molar-refractivity contribution in [3.05, 3.63) is 0 Å². The Morgan fingerprint density at radius 3 is 2.65 bits per heavy atom. The fourth-order valence-corrected chi connectivity index (χ4v) is 3.85. The summed E-state index contributed by atoms with van der Waals surface area (Å²) in [6.45, 7) is 10.7. The van der Waals surface area contributed by atoms with E-state index in [1.807, 2.05) is 0 Å². The van der Waals surface area contributed by atoms with Gasteiger partial charge in [0.05, 0.1) is 6.10 Å². The topological polar surface area (TPSA) is 41.7 Å². The zero-order valence-corrected chi connectivity index (χ0v) is 14.0. The molecule has 0 amide bonds. The molecule has 3 atom stereocenters. The third-order valence-corrected chi connectivity index (χ3v) is 5.76. The minimum atomic E-state index is -0.113. The van der Waals surface area contributed by atoms with Crippen LogP contribution in [-0.4, -0.2) is 67.8 Å². The molecule has 1 saturated heterocycles. The third-order valence-electron chi connectivity index (χ3n) is 5.76. The maximum absolute atomic E-state index is 6.71. The van der Waals surface area contributed by atoms with Crippen molar-refractivity contribution >= 4 is 0 Å². The lowest BCUT2D eigenvalue weighted by Crippen LogP contribution is -2.74. The number of nitrogens with two attached hydrogens (primary N) is 1. The molecule has 0 aromatic heterocycles. The van der Waals surface area contributed by atoms with Crippen molar-refractivity contribution < 1.29 is 4.74 Å². The molecule has 1 saturated carbocycles. The summed E-state index contributed by atoms with van der Waals surface area (Å²) < 4.78 is 5.83. The summed E-state index contributed by atoms with van der Waals surface area (Å²) in [5.74, 6) is 0. The first-order valence-electron chi connectivity index (χ1n) is 8.09. The number of likely N-dealkylation sites (tertiary alicyclic amines) is 1. The molecule has 1 heterocycles. The molecule has 0 radical (unpaired) electrons. The standard InChI is InChI=1S/C16H33N3O/c1-6-20-14-10-16(17,15(14,2)3)12-19(5)13-8-7-9-18(4)11-13/h13-14H,6-12,17H2,1-5H3. The van der Waals surface area contributed by atoms with Crippen LogP contribution in [-0.2, 0) is 4.74 Å². The van der Waals surface area contributed by atoms with E-state index in [9.17, 15) is 0 Å². The molecular weight excluding hydrogens is 250 g/mol. The van der Waals surface area contributed by atoms with E-state index in [1.54, 1.807) is 0 Å². The van der Waals surface area contributed by atoms with Crippen LogP contribution in [0.3, 0.4) is 0 Å². The maximum Gasteiger partial charge on any atom is 0.0662 e. The van der Waals surface area contributed by atoms with Gasteiger partial charge in [-0.3, -0.25) is 0 Å². The summed E-state index contributed by atoms with van der Waals surface area (Å²) in [7, 11) is 4.46. The summed E-state index contributed by atoms with van der Waals surface area (Å²) in [4.78, 5) is 4.92. The van der Waals surface area contributed by atoms with Crippen molar-refractivity contribution in [2.75, 3.05) is 40.3 Å². The fourth-order valence-electron chi connectivity index (χ4n) is 3.85. The van der Waals surface area contributed by atoms with Crippen molar-refractivity contribution in [1.29, 1.82) is 0 Å². The van der Waals surface area contributed by atoms with Crippen molar-refractivity contribution in [1.82, 2.24) is 9.80 Å². The average Bonchev–Trinajstić information content (AvgIpc) is 2.38. The van der Waals surface area contributed by atoms with Gasteiger partial charge in [-0.15, -0.1) is 0 Å². The van der Waals surface area contributed by atoms with E-state index in [4.69, 9.17) is 10.5 Å². The van der Waals surface area contributed by atoms with Gasteiger partial charge in [0.2, 0.25) is 0 Å². The number of hydrogen-bond donors (Lipinski definition) is 1. The Morgan fingerprint density at radius 1 is 1.40 bits per heavy atom. The molecule has 0 spiro atoms. The molecule has 1 aliphatic heterocycles. The number of piperidine rings is 1. The average molecular weight is 283 g/mol. The molecular formula is C16H33N3O. The largest absolute Gasteiger partial charge is 0.378 e. The lowest BCUT2D eigenvalue weighted by molar-refractivity contribution is -0.157. The quantitative estimate of drug-likeness (QED) is 0.831. The molecule has 3 unspecified atom stereocenters. The Kier molecular flexibility index (Phi) is 4.80. The summed E-state index contributed by atoms with van der Waals surface area (Å²) in [6, 6.07) is 0.649. The highest BCUT2D eigenvalue weighted by molar-refractivity contribution is 5.15. The molecule has 118 valence electrons. The SMILES string of the molecule is CCOC1CC(N)(CN(C)C2CCCN(C)C2)C1(C)C. The lowest BCUT2D eigenvalue weighted by Gasteiger charge is -2.60. The highest BCUT2D eigenvalue weighted by Crippen LogP contribution is 2.50. The summed E-state index contributed by atoms with van der Waals surface area (Å²) >= 11 is 0. The highest BCUT2D eigenvalue weighted by atomic mass is 16.5. The summed E-state index contributed by atoms with van der Waals surface area (Å²) in [5, 5.41) is 0. The fraction of sp³-hybridized carbons (Fsp3) is 1.00. The number of hydrogen-bond acceptors (Lipinski definition) is 4. The zero-order chi connectivity index (χ0) is 15.0. The van der Waals surface area contributed by atoms with Crippen molar-refractivity contribution in [3.63, 3.8) is 0 Å². The van der Waals surface area contributed by atoms with Gasteiger partial charge < -0.3 is 20.3 Å². The molecule has 2 rings (SSSR count). The van der Waals surface area contributed by atoms with Gasteiger partial charge in [-0.25, -0.2) is 0 Å². The summed E-state index contributed by atoms with van der Waals surface area (Å²) in [6.07, 6.45) is 3.90. The van der Waals surface area contributed by atoms with Crippen molar-refractivity contribution in [2.45, 2.75) is 57.7 Å². The maximum atomic E-state index is 6.71. The van der Waals surface area contributed by atoms with Crippen LogP contribution in [0.5, 0.6) is 0 Å². The van der Waals surface area contributed by atoms with E-state index in [2.05, 4.69) is 44.7 Å². The Labute approximate surface area is 124 Å². The highest BCUT2D eigenvalue weighted by Gasteiger charge is 2.58. The Balaban J connectivity index is 1.92. The van der Waals surface area contributed by atoms with Crippen LogP contribution < -0.4 is 5.73 Å². The van der Waals surface area contributed by atoms with Gasteiger partial charge in [0.15, 0.2) is 0 Å². The summed E-state index contributed by atoms with van der Waals surface area (Å²) in [5.41, 5.74) is 6.66. The van der Waals surface area contributed by atoms with Gasteiger partial charge in [-0.2, -0.15) is 0 Å². The van der Waals surface area contributed by atoms with E-state index in [-0.39, 0.29) is 11.0 Å². The van der Waals surface area contributed by atoms with Crippen LogP contribution in [0.25, 0.3) is 0 Å². The van der Waals surface area contributed by atoms with Gasteiger partial charge in [0, 0.05) is 36.7 Å². The molecule has 4 heteroatoms. The molecule has 1 aliphatic carbocycles. The Hall–Kier alpha value is -0.160. The molecule has 0 bridgehead atoms. The number of rotatable bonds is 5. The van der Waals surface area contributed by atoms with Crippen LogP contribution >= 0.6 is 0 Å². The van der Waals surface area contributed by atoms with Crippen LogP contribution in [0.4, 0.5) is 0 Å². The van der Waals surface area contributed by atoms with Crippen LogP contribution in [0.2, 0.25) is 0 Å². The number of ether oxygens (including phenoxy) is 1. The van der Waals surface area contributed by atoms with Gasteiger partial charge >= 0.3 is 0 Å². The van der Waals surface area contributed by atoms with Crippen molar-refractivity contribution in [3.8, 4) is 0 Å². The molecule has 0 aromatic rings. The van der Waals surface area contributed by atoms with E-state index in [0.29, 0.717) is 12.1 Å². The van der Waals surface area contributed by atoms with Gasteiger partial charge in [-0.1, -0.05) is 13.8 Å². The second-order valence-electron chi connectivity index (χ2n) is 7.50. The first-order chi connectivity index (χ1) is 9.30. The van der Waals surface area contributed by atoms with Crippen LogP contribution in [0, 0.1) is 5.41 Å². The van der Waals surface area contributed by atoms with E-state index < -0.39 is 0 Å². The van der Waals surface area contributed by atoms with Crippen LogP contribution in [0.15, 0.2) is 0 Å². The molecule has 2 fully saturated rings. The predicted molar refractivity (Wildman–Crippen MR) is 83.9 cm³/mol.